The first-order chi connectivity index (χ1) is 9.33. The van der Waals surface area contributed by atoms with E-state index >= 15 is 0 Å². The Morgan fingerprint density at radius 2 is 1.79 bits per heavy atom. The lowest BCUT2D eigenvalue weighted by atomic mass is 9.85. The minimum absolute atomic E-state index is 0.231. The molecule has 3 rings (SSSR count). The van der Waals surface area contributed by atoms with Crippen LogP contribution in [-0.2, 0) is 11.3 Å². The predicted molar refractivity (Wildman–Crippen MR) is 77.1 cm³/mol. The van der Waals surface area contributed by atoms with E-state index in [1.807, 2.05) is 0 Å². The molecule has 2 fully saturated rings. The average molecular weight is 258 g/mol. The van der Waals surface area contributed by atoms with Gasteiger partial charge in [-0.05, 0) is 43.4 Å². The Bertz CT molecular complexity index is 431. The highest BCUT2D eigenvalue weighted by molar-refractivity contribution is 5.79. The molecule has 2 aliphatic rings. The van der Waals surface area contributed by atoms with Crippen LogP contribution in [0, 0.1) is 5.92 Å². The number of anilines is 1. The first-order valence-electron chi connectivity index (χ1n) is 7.44. The predicted octanol–water partition coefficient (Wildman–Crippen LogP) is 2.70. The zero-order chi connectivity index (χ0) is 13.1. The Morgan fingerprint density at radius 3 is 2.37 bits per heavy atom. The maximum absolute atomic E-state index is 11.8. The molecule has 3 heteroatoms. The number of carbonyl (C=O) groups is 1. The summed E-state index contributed by atoms with van der Waals surface area (Å²) in [6.45, 7) is 3.02. The molecule has 0 bridgehead atoms. The van der Waals surface area contributed by atoms with Gasteiger partial charge >= 0.3 is 0 Å². The molecule has 0 atom stereocenters. The van der Waals surface area contributed by atoms with Gasteiger partial charge in [-0.3, -0.25) is 4.79 Å². The van der Waals surface area contributed by atoms with Crippen molar-refractivity contribution < 1.29 is 4.79 Å². The molecule has 1 saturated heterocycles. The molecule has 1 aromatic carbocycles. The van der Waals surface area contributed by atoms with E-state index in [9.17, 15) is 4.79 Å². The van der Waals surface area contributed by atoms with Gasteiger partial charge in [-0.2, -0.15) is 0 Å². The van der Waals surface area contributed by atoms with Gasteiger partial charge in [0.2, 0.25) is 5.91 Å². The highest BCUT2D eigenvalue weighted by atomic mass is 16.1. The Morgan fingerprint density at radius 1 is 1.11 bits per heavy atom. The molecule has 0 aromatic heterocycles. The fourth-order valence-corrected chi connectivity index (χ4v) is 2.80. The van der Waals surface area contributed by atoms with Gasteiger partial charge in [0.05, 0.1) is 0 Å². The molecule has 1 saturated carbocycles. The highest BCUT2D eigenvalue weighted by Crippen LogP contribution is 2.26. The molecule has 3 nitrogen and oxygen atoms in total. The summed E-state index contributed by atoms with van der Waals surface area (Å²) in [5, 5.41) is 3.04. The molecule has 1 aliphatic carbocycles. The second-order valence-electron chi connectivity index (χ2n) is 5.71. The minimum Gasteiger partial charge on any atom is -0.372 e. The second kappa shape index (κ2) is 5.64. The van der Waals surface area contributed by atoms with E-state index in [2.05, 4.69) is 34.5 Å². The Labute approximate surface area is 115 Å². The van der Waals surface area contributed by atoms with Crippen LogP contribution >= 0.6 is 0 Å². The standard InChI is InChI=1S/C16H22N2O/c19-16(14-4-3-5-14)17-12-13-6-8-15(9-7-13)18-10-1-2-11-18/h6-9,14H,1-5,10-12H2,(H,17,19). The number of amides is 1. The van der Waals surface area contributed by atoms with Gasteiger partial charge in [-0.15, -0.1) is 0 Å². The monoisotopic (exact) mass is 258 g/mol. The molecule has 1 N–H and O–H groups in total. The highest BCUT2D eigenvalue weighted by Gasteiger charge is 2.24. The van der Waals surface area contributed by atoms with E-state index in [4.69, 9.17) is 0 Å². The van der Waals surface area contributed by atoms with Crippen molar-refractivity contribution in [2.24, 2.45) is 5.92 Å². The normalized spacial score (nSPS) is 19.3. The molecule has 102 valence electrons. The van der Waals surface area contributed by atoms with Crippen LogP contribution in [-0.4, -0.2) is 19.0 Å². The van der Waals surface area contributed by atoms with Gasteiger partial charge in [-0.1, -0.05) is 18.6 Å². The van der Waals surface area contributed by atoms with Crippen molar-refractivity contribution in [3.8, 4) is 0 Å². The number of carbonyl (C=O) groups excluding carboxylic acids is 1. The van der Waals surface area contributed by atoms with Crippen molar-refractivity contribution in [2.45, 2.75) is 38.6 Å². The summed E-state index contributed by atoms with van der Waals surface area (Å²) in [5.41, 5.74) is 2.50. The molecule has 0 radical (unpaired) electrons. The topological polar surface area (TPSA) is 32.3 Å². The van der Waals surface area contributed by atoms with Crippen molar-refractivity contribution in [3.63, 3.8) is 0 Å². The number of benzene rings is 1. The number of rotatable bonds is 4. The number of hydrogen-bond acceptors (Lipinski definition) is 2. The maximum Gasteiger partial charge on any atom is 0.223 e. The van der Waals surface area contributed by atoms with E-state index in [-0.39, 0.29) is 11.8 Å². The smallest absolute Gasteiger partial charge is 0.223 e. The average Bonchev–Trinajstić information content (AvgIpc) is 2.89. The summed E-state index contributed by atoms with van der Waals surface area (Å²) in [4.78, 5) is 14.2. The number of hydrogen-bond donors (Lipinski definition) is 1. The first-order valence-corrected chi connectivity index (χ1v) is 7.44. The van der Waals surface area contributed by atoms with Gasteiger partial charge in [0.15, 0.2) is 0 Å². The van der Waals surface area contributed by atoms with Crippen LogP contribution in [0.5, 0.6) is 0 Å². The summed E-state index contributed by atoms with van der Waals surface area (Å²) in [6, 6.07) is 8.62. The van der Waals surface area contributed by atoms with Crippen LogP contribution < -0.4 is 10.2 Å². The van der Waals surface area contributed by atoms with Gasteiger partial charge in [0, 0.05) is 31.2 Å². The van der Waals surface area contributed by atoms with Gasteiger partial charge in [0.1, 0.15) is 0 Å². The maximum atomic E-state index is 11.8. The van der Waals surface area contributed by atoms with Crippen LogP contribution in [0.2, 0.25) is 0 Å². The first kappa shape index (κ1) is 12.5. The quantitative estimate of drug-likeness (QED) is 0.900. The van der Waals surface area contributed by atoms with Crippen molar-refractivity contribution in [1.82, 2.24) is 5.32 Å². The van der Waals surface area contributed by atoms with Crippen LogP contribution in [0.25, 0.3) is 0 Å². The summed E-state index contributed by atoms with van der Waals surface area (Å²) >= 11 is 0. The van der Waals surface area contributed by atoms with Crippen molar-refractivity contribution >= 4 is 11.6 Å². The molecular formula is C16H22N2O. The summed E-state index contributed by atoms with van der Waals surface area (Å²) in [7, 11) is 0. The van der Waals surface area contributed by atoms with Crippen LogP contribution in [0.15, 0.2) is 24.3 Å². The van der Waals surface area contributed by atoms with Crippen LogP contribution in [0.4, 0.5) is 5.69 Å². The van der Waals surface area contributed by atoms with E-state index in [0.29, 0.717) is 6.54 Å². The van der Waals surface area contributed by atoms with Crippen molar-refractivity contribution in [3.05, 3.63) is 29.8 Å². The molecule has 1 amide bonds. The Hall–Kier alpha value is -1.51. The lowest BCUT2D eigenvalue weighted by Gasteiger charge is -2.24. The molecular weight excluding hydrogens is 236 g/mol. The number of nitrogens with one attached hydrogen (secondary N) is 1. The lowest BCUT2D eigenvalue weighted by Crippen LogP contribution is -2.33. The number of nitrogens with zero attached hydrogens (tertiary/aromatic N) is 1. The van der Waals surface area contributed by atoms with E-state index in [1.54, 1.807) is 0 Å². The van der Waals surface area contributed by atoms with Gasteiger partial charge < -0.3 is 10.2 Å². The third kappa shape index (κ3) is 2.91. The fraction of sp³-hybridized carbons (Fsp3) is 0.562. The summed E-state index contributed by atoms with van der Waals surface area (Å²) < 4.78 is 0. The third-order valence-corrected chi connectivity index (χ3v) is 4.35. The molecule has 0 unspecified atom stereocenters. The Kier molecular flexibility index (Phi) is 3.72. The van der Waals surface area contributed by atoms with E-state index in [1.165, 1.54) is 43.6 Å². The SMILES string of the molecule is O=C(NCc1ccc(N2CCCC2)cc1)C1CCC1. The van der Waals surface area contributed by atoms with Gasteiger partial charge in [0.25, 0.3) is 0 Å². The molecule has 0 spiro atoms. The Balaban J connectivity index is 1.52. The second-order valence-corrected chi connectivity index (χ2v) is 5.71. The van der Waals surface area contributed by atoms with Crippen LogP contribution in [0.1, 0.15) is 37.7 Å². The lowest BCUT2D eigenvalue weighted by molar-refractivity contribution is -0.127. The largest absolute Gasteiger partial charge is 0.372 e. The van der Waals surface area contributed by atoms with E-state index < -0.39 is 0 Å². The summed E-state index contributed by atoms with van der Waals surface area (Å²) in [5.74, 6) is 0.513. The zero-order valence-corrected chi connectivity index (χ0v) is 11.4. The van der Waals surface area contributed by atoms with Crippen LogP contribution in [0.3, 0.4) is 0 Å². The molecule has 1 heterocycles. The van der Waals surface area contributed by atoms with Crippen molar-refractivity contribution in [1.29, 1.82) is 0 Å². The molecule has 1 aromatic rings. The summed E-state index contributed by atoms with van der Waals surface area (Å²) in [6.07, 6.45) is 5.96. The third-order valence-electron chi connectivity index (χ3n) is 4.35. The van der Waals surface area contributed by atoms with Gasteiger partial charge in [-0.25, -0.2) is 0 Å². The molecule has 1 aliphatic heterocycles. The minimum atomic E-state index is 0.231. The van der Waals surface area contributed by atoms with Crippen molar-refractivity contribution in [2.75, 3.05) is 18.0 Å². The van der Waals surface area contributed by atoms with E-state index in [0.717, 1.165) is 12.8 Å². The molecule has 19 heavy (non-hydrogen) atoms. The fourth-order valence-electron chi connectivity index (χ4n) is 2.80. The zero-order valence-electron chi connectivity index (χ0n) is 11.4.